The molecule has 0 bridgehead atoms. The second-order valence-electron chi connectivity index (χ2n) is 7.53. The molecule has 0 aromatic heterocycles. The van der Waals surface area contributed by atoms with Crippen LogP contribution in [0.1, 0.15) is 45.6 Å². The first kappa shape index (κ1) is 16.8. The number of thioether (sulfide) groups is 1. The zero-order valence-corrected chi connectivity index (χ0v) is 14.8. The van der Waals surface area contributed by atoms with E-state index in [0.29, 0.717) is 11.8 Å². The second kappa shape index (κ2) is 6.46. The summed E-state index contributed by atoms with van der Waals surface area (Å²) in [6.45, 7) is 6.78. The van der Waals surface area contributed by atoms with Gasteiger partial charge in [0.15, 0.2) is 5.44 Å². The van der Waals surface area contributed by atoms with E-state index >= 15 is 0 Å². The van der Waals surface area contributed by atoms with Crippen LogP contribution in [-0.2, 0) is 14.9 Å². The Kier molecular flexibility index (Phi) is 4.73. The van der Waals surface area contributed by atoms with E-state index in [1.54, 1.807) is 0 Å². The van der Waals surface area contributed by atoms with Crippen molar-refractivity contribution in [2.24, 2.45) is 17.8 Å². The third-order valence-electron chi connectivity index (χ3n) is 5.63. The minimum Gasteiger partial charge on any atom is -0.448 e. The van der Waals surface area contributed by atoms with Crippen molar-refractivity contribution in [2.75, 3.05) is 0 Å². The molecule has 0 spiro atoms. The summed E-state index contributed by atoms with van der Waals surface area (Å²) in [4.78, 5) is 11.5. The maximum Gasteiger partial charge on any atom is 0.352 e. The number of hydrogen-bond donors (Lipinski definition) is 0. The lowest BCUT2D eigenvalue weighted by molar-refractivity contribution is -0.148. The van der Waals surface area contributed by atoms with Crippen LogP contribution in [0.4, 0.5) is 4.39 Å². The zero-order valence-electron chi connectivity index (χ0n) is 14.0. The molecule has 23 heavy (non-hydrogen) atoms. The average molecular weight is 336 g/mol. The Bertz CT molecular complexity index is 560. The van der Waals surface area contributed by atoms with Crippen LogP contribution in [0.25, 0.3) is 0 Å². The van der Waals surface area contributed by atoms with Crippen LogP contribution >= 0.6 is 11.8 Å². The molecular weight excluding hydrogens is 311 g/mol. The first-order valence-corrected chi connectivity index (χ1v) is 9.39. The van der Waals surface area contributed by atoms with E-state index < -0.39 is 11.5 Å². The summed E-state index contributed by atoms with van der Waals surface area (Å²) in [6.07, 6.45) is 3.28. The summed E-state index contributed by atoms with van der Waals surface area (Å²) in [6, 6.07) is 10.5. The molecule has 1 aromatic carbocycles. The molecule has 2 fully saturated rings. The topological polar surface area (TPSA) is 26.3 Å². The van der Waals surface area contributed by atoms with Crippen molar-refractivity contribution in [1.29, 1.82) is 0 Å². The monoisotopic (exact) mass is 336 g/mol. The minimum atomic E-state index is -1.52. The number of alkyl halides is 1. The molecule has 3 rings (SSSR count). The Labute approximate surface area is 142 Å². The van der Waals surface area contributed by atoms with Crippen LogP contribution in [0.3, 0.4) is 0 Å². The van der Waals surface area contributed by atoms with E-state index in [-0.39, 0.29) is 16.8 Å². The second-order valence-corrected chi connectivity index (χ2v) is 8.68. The lowest BCUT2D eigenvalue weighted by Crippen LogP contribution is -2.42. The number of hydrogen-bond acceptors (Lipinski definition) is 3. The van der Waals surface area contributed by atoms with Crippen LogP contribution < -0.4 is 0 Å². The van der Waals surface area contributed by atoms with Crippen LogP contribution in [0.2, 0.25) is 0 Å². The summed E-state index contributed by atoms with van der Waals surface area (Å²) in [5.41, 5.74) is -0.574. The summed E-state index contributed by atoms with van der Waals surface area (Å²) < 4.78 is 19.0. The molecule has 1 heterocycles. The maximum absolute atomic E-state index is 13.7. The van der Waals surface area contributed by atoms with Gasteiger partial charge < -0.3 is 4.74 Å². The lowest BCUT2D eigenvalue weighted by atomic mass is 9.61. The standard InChI is InChI=1S/C19H25FO2S/c1-12-9-10-15(19(2,3)13-7-5-4-6-8-13)14(11-12)18-22-17(21)16(20)23-18/h4-8,12,14-16,18H,9-11H2,1-3H3/t12-,14-,15-,16?,18?/m1/s1. The van der Waals surface area contributed by atoms with Crippen molar-refractivity contribution in [1.82, 2.24) is 0 Å². The highest BCUT2D eigenvalue weighted by atomic mass is 32.2. The number of esters is 1. The fourth-order valence-corrected chi connectivity index (χ4v) is 5.32. The molecule has 2 unspecified atom stereocenters. The van der Waals surface area contributed by atoms with Crippen LogP contribution in [0, 0.1) is 17.8 Å². The van der Waals surface area contributed by atoms with E-state index in [0.717, 1.165) is 24.6 Å². The predicted molar refractivity (Wildman–Crippen MR) is 91.8 cm³/mol. The Balaban J connectivity index is 1.87. The number of rotatable bonds is 3. The fraction of sp³-hybridized carbons (Fsp3) is 0.632. The molecule has 0 N–H and O–H groups in total. The van der Waals surface area contributed by atoms with Crippen molar-refractivity contribution in [3.05, 3.63) is 35.9 Å². The third kappa shape index (κ3) is 3.28. The number of cyclic esters (lactones) is 1. The van der Waals surface area contributed by atoms with Crippen molar-refractivity contribution in [3.8, 4) is 0 Å². The van der Waals surface area contributed by atoms with Gasteiger partial charge in [0.1, 0.15) is 0 Å². The van der Waals surface area contributed by atoms with Crippen molar-refractivity contribution in [2.45, 2.75) is 56.4 Å². The predicted octanol–water partition coefficient (Wildman–Crippen LogP) is 4.93. The van der Waals surface area contributed by atoms with Crippen LogP contribution in [-0.4, -0.2) is 16.9 Å². The van der Waals surface area contributed by atoms with Gasteiger partial charge in [-0.15, -0.1) is 0 Å². The first-order valence-electron chi connectivity index (χ1n) is 8.45. The zero-order chi connectivity index (χ0) is 16.6. The number of carbonyl (C=O) groups excluding carboxylic acids is 1. The van der Waals surface area contributed by atoms with E-state index in [2.05, 4.69) is 45.0 Å². The summed E-state index contributed by atoms with van der Waals surface area (Å²) in [7, 11) is 0. The molecule has 0 radical (unpaired) electrons. The van der Waals surface area contributed by atoms with Gasteiger partial charge in [-0.05, 0) is 35.7 Å². The Morgan fingerprint density at radius 3 is 2.52 bits per heavy atom. The maximum atomic E-state index is 13.7. The molecule has 126 valence electrons. The van der Waals surface area contributed by atoms with E-state index in [1.165, 1.54) is 12.0 Å². The van der Waals surface area contributed by atoms with Gasteiger partial charge in [-0.2, -0.15) is 0 Å². The van der Waals surface area contributed by atoms with Gasteiger partial charge >= 0.3 is 5.97 Å². The minimum absolute atomic E-state index is 0.0204. The van der Waals surface area contributed by atoms with Gasteiger partial charge in [-0.25, -0.2) is 9.18 Å². The molecule has 2 nitrogen and oxygen atoms in total. The number of benzene rings is 1. The highest BCUT2D eigenvalue weighted by molar-refractivity contribution is 8.01. The summed E-state index contributed by atoms with van der Waals surface area (Å²) in [5.74, 6) is 0.496. The number of carbonyl (C=O) groups is 1. The van der Waals surface area contributed by atoms with Crippen LogP contribution in [0.15, 0.2) is 30.3 Å². The molecule has 5 atom stereocenters. The van der Waals surface area contributed by atoms with E-state index in [1.807, 2.05) is 6.07 Å². The Morgan fingerprint density at radius 1 is 1.22 bits per heavy atom. The SMILES string of the molecule is C[C@@H]1CC[C@@H](C(C)(C)c2ccccc2)[C@H](C2OC(=O)C(F)S2)C1. The third-order valence-corrected chi connectivity index (χ3v) is 6.77. The summed E-state index contributed by atoms with van der Waals surface area (Å²) >= 11 is 1.06. The van der Waals surface area contributed by atoms with Crippen molar-refractivity contribution < 1.29 is 13.9 Å². The fourth-order valence-electron chi connectivity index (χ4n) is 4.26. The van der Waals surface area contributed by atoms with Gasteiger partial charge in [0.2, 0.25) is 5.50 Å². The summed E-state index contributed by atoms with van der Waals surface area (Å²) in [5, 5.41) is 0. The van der Waals surface area contributed by atoms with E-state index in [4.69, 9.17) is 4.74 Å². The molecule has 0 amide bonds. The number of halogens is 1. The van der Waals surface area contributed by atoms with Gasteiger partial charge in [0.05, 0.1) is 0 Å². The quantitative estimate of drug-likeness (QED) is 0.732. The molecular formula is C19H25FO2S. The van der Waals surface area contributed by atoms with Crippen molar-refractivity contribution >= 4 is 17.7 Å². The molecule has 1 saturated carbocycles. The molecule has 2 aliphatic rings. The van der Waals surface area contributed by atoms with Gasteiger partial charge in [0, 0.05) is 5.92 Å². The molecule has 1 aliphatic heterocycles. The molecule has 1 aromatic rings. The molecule has 1 aliphatic carbocycles. The van der Waals surface area contributed by atoms with E-state index in [9.17, 15) is 9.18 Å². The van der Waals surface area contributed by atoms with Gasteiger partial charge in [-0.3, -0.25) is 0 Å². The lowest BCUT2D eigenvalue weighted by Gasteiger charge is -2.46. The van der Waals surface area contributed by atoms with Gasteiger partial charge in [-0.1, -0.05) is 69.3 Å². The largest absolute Gasteiger partial charge is 0.448 e. The normalized spacial score (nSPS) is 35.1. The van der Waals surface area contributed by atoms with Crippen molar-refractivity contribution in [3.63, 3.8) is 0 Å². The highest BCUT2D eigenvalue weighted by Gasteiger charge is 2.48. The average Bonchev–Trinajstić information content (AvgIpc) is 2.87. The highest BCUT2D eigenvalue weighted by Crippen LogP contribution is 2.51. The Hall–Kier alpha value is -1.03. The smallest absolute Gasteiger partial charge is 0.352 e. The first-order chi connectivity index (χ1) is 10.9. The Morgan fingerprint density at radius 2 is 1.91 bits per heavy atom. The molecule has 1 saturated heterocycles. The van der Waals surface area contributed by atoms with Gasteiger partial charge in [0.25, 0.3) is 0 Å². The number of ether oxygens (including phenoxy) is 1. The van der Waals surface area contributed by atoms with Crippen LogP contribution in [0.5, 0.6) is 0 Å². The molecule has 4 heteroatoms.